The molecule has 0 bridgehead atoms. The lowest BCUT2D eigenvalue weighted by Crippen LogP contribution is -2.50. The lowest BCUT2D eigenvalue weighted by Gasteiger charge is -2.36. The predicted molar refractivity (Wildman–Crippen MR) is 145 cm³/mol. The minimum absolute atomic E-state index is 0.0464. The minimum atomic E-state index is -2.36. The van der Waals surface area contributed by atoms with Crippen molar-refractivity contribution in [3.63, 3.8) is 0 Å². The van der Waals surface area contributed by atoms with Gasteiger partial charge in [0.2, 0.25) is 0 Å². The van der Waals surface area contributed by atoms with Crippen molar-refractivity contribution in [2.45, 2.75) is 57.3 Å². The maximum Gasteiger partial charge on any atom is 0.407 e. The molecular weight excluding hydrogens is 466 g/mol. The maximum absolute atomic E-state index is 13.3. The van der Waals surface area contributed by atoms with Gasteiger partial charge in [-0.05, 0) is 45.9 Å². The van der Waals surface area contributed by atoms with Gasteiger partial charge in [0.15, 0.2) is 0 Å². The van der Waals surface area contributed by atoms with E-state index < -0.39 is 26.4 Å². The summed E-state index contributed by atoms with van der Waals surface area (Å²) in [6.07, 6.45) is -0.289. The summed E-state index contributed by atoms with van der Waals surface area (Å²) in [5.74, 6) is -0.464. The van der Waals surface area contributed by atoms with Crippen LogP contribution in [0.3, 0.4) is 0 Å². The molecule has 3 aromatic rings. The summed E-state index contributed by atoms with van der Waals surface area (Å²) >= 11 is 0. The summed E-state index contributed by atoms with van der Waals surface area (Å²) in [5.41, 5.74) is 5.56. The SMILES string of the molecule is CC(C)(C)[Si](C)(C)OC(=O)[C@H](Cc1ccccc1)NC(=O)OCC1c2ccccc2-c2ccccc21. The second-order valence-electron chi connectivity index (χ2n) is 10.9. The molecule has 5 nitrogen and oxygen atoms in total. The van der Waals surface area contributed by atoms with E-state index in [-0.39, 0.29) is 17.6 Å². The molecule has 4 rings (SSSR count). The van der Waals surface area contributed by atoms with E-state index in [9.17, 15) is 9.59 Å². The third-order valence-electron chi connectivity index (χ3n) is 7.36. The van der Waals surface area contributed by atoms with Gasteiger partial charge in [-0.2, -0.15) is 0 Å². The van der Waals surface area contributed by atoms with Crippen molar-refractivity contribution in [2.75, 3.05) is 6.61 Å². The Bertz CT molecular complexity index is 1190. The molecule has 0 radical (unpaired) electrons. The van der Waals surface area contributed by atoms with Crippen molar-refractivity contribution in [1.82, 2.24) is 5.32 Å². The Labute approximate surface area is 215 Å². The van der Waals surface area contributed by atoms with Crippen LogP contribution in [0, 0.1) is 0 Å². The Kier molecular flexibility index (Phi) is 7.36. The van der Waals surface area contributed by atoms with Crippen molar-refractivity contribution in [1.29, 1.82) is 0 Å². The smallest absolute Gasteiger partial charge is 0.407 e. The molecule has 0 saturated carbocycles. The fraction of sp³-hybridized carbons (Fsp3) is 0.333. The molecule has 0 aromatic heterocycles. The zero-order valence-electron chi connectivity index (χ0n) is 21.7. The average molecular weight is 502 g/mol. The van der Waals surface area contributed by atoms with Crippen LogP contribution >= 0.6 is 0 Å². The molecule has 0 spiro atoms. The van der Waals surface area contributed by atoms with E-state index in [1.807, 2.05) is 67.7 Å². The van der Waals surface area contributed by atoms with E-state index in [0.29, 0.717) is 6.42 Å². The van der Waals surface area contributed by atoms with E-state index in [1.54, 1.807) is 0 Å². The standard InChI is InChI=1S/C30H35NO4Si/c1-30(2,3)36(4,5)35-28(32)27(19-21-13-7-6-8-14-21)31-29(33)34-20-26-24-17-11-9-15-22(24)23-16-10-12-18-25(23)26/h6-18,26-27H,19-20H2,1-5H3,(H,31,33)/t27-/m0/s1. The van der Waals surface area contributed by atoms with Crippen LogP contribution in [0.15, 0.2) is 78.9 Å². The molecule has 1 amide bonds. The molecule has 0 unspecified atom stereocenters. The molecule has 3 aromatic carbocycles. The normalized spacial score (nSPS) is 13.9. The Morgan fingerprint density at radius 1 is 0.861 bits per heavy atom. The van der Waals surface area contributed by atoms with Gasteiger partial charge in [-0.15, -0.1) is 0 Å². The summed E-state index contributed by atoms with van der Waals surface area (Å²) in [7, 11) is -2.36. The van der Waals surface area contributed by atoms with E-state index in [1.165, 1.54) is 11.1 Å². The van der Waals surface area contributed by atoms with Crippen molar-refractivity contribution in [3.05, 3.63) is 95.6 Å². The van der Waals surface area contributed by atoms with Gasteiger partial charge in [-0.1, -0.05) is 99.6 Å². The van der Waals surface area contributed by atoms with Crippen molar-refractivity contribution in [2.24, 2.45) is 0 Å². The number of amides is 1. The second kappa shape index (κ2) is 10.3. The van der Waals surface area contributed by atoms with Crippen molar-refractivity contribution < 1.29 is 18.8 Å². The van der Waals surface area contributed by atoms with E-state index in [2.05, 4.69) is 50.4 Å². The number of carbonyl (C=O) groups excluding carboxylic acids is 2. The number of hydrogen-bond donors (Lipinski definition) is 1. The lowest BCUT2D eigenvalue weighted by molar-refractivity contribution is -0.137. The van der Waals surface area contributed by atoms with Gasteiger partial charge in [-0.3, -0.25) is 4.79 Å². The number of alkyl carbamates (subject to hydrolysis) is 1. The molecule has 188 valence electrons. The van der Waals surface area contributed by atoms with Crippen molar-refractivity contribution in [3.8, 4) is 11.1 Å². The molecular formula is C30H35NO4Si. The Hall–Kier alpha value is -3.38. The number of ether oxygens (including phenoxy) is 1. The fourth-order valence-electron chi connectivity index (χ4n) is 4.30. The molecule has 0 aliphatic heterocycles. The maximum atomic E-state index is 13.3. The number of fused-ring (bicyclic) bond motifs is 3. The number of rotatable bonds is 7. The van der Waals surface area contributed by atoms with Crippen LogP contribution in [0.25, 0.3) is 11.1 Å². The van der Waals surface area contributed by atoms with Crippen LogP contribution in [-0.4, -0.2) is 33.0 Å². The molecule has 1 aliphatic carbocycles. The molecule has 1 N–H and O–H groups in total. The third kappa shape index (κ3) is 5.54. The molecule has 0 fully saturated rings. The highest BCUT2D eigenvalue weighted by molar-refractivity contribution is 6.75. The largest absolute Gasteiger partial charge is 0.518 e. The van der Waals surface area contributed by atoms with E-state index in [0.717, 1.165) is 16.7 Å². The number of benzene rings is 3. The zero-order valence-corrected chi connectivity index (χ0v) is 22.7. The quantitative estimate of drug-likeness (QED) is 0.367. The van der Waals surface area contributed by atoms with Gasteiger partial charge < -0.3 is 14.5 Å². The van der Waals surface area contributed by atoms with Gasteiger partial charge in [0.05, 0.1) is 0 Å². The molecule has 36 heavy (non-hydrogen) atoms. The molecule has 1 aliphatic rings. The number of nitrogens with one attached hydrogen (secondary N) is 1. The van der Waals surface area contributed by atoms with Crippen LogP contribution in [-0.2, 0) is 20.4 Å². The highest BCUT2D eigenvalue weighted by atomic mass is 28.4. The van der Waals surface area contributed by atoms with Crippen LogP contribution in [0.5, 0.6) is 0 Å². The first kappa shape index (κ1) is 25.7. The topological polar surface area (TPSA) is 64.6 Å². The van der Waals surface area contributed by atoms with Gasteiger partial charge in [0.1, 0.15) is 12.6 Å². The molecule has 0 heterocycles. The first-order valence-corrected chi connectivity index (χ1v) is 15.4. The molecule has 1 atom stereocenters. The lowest BCUT2D eigenvalue weighted by atomic mass is 9.98. The van der Waals surface area contributed by atoms with Gasteiger partial charge in [-0.25, -0.2) is 4.79 Å². The van der Waals surface area contributed by atoms with Gasteiger partial charge in [0.25, 0.3) is 8.32 Å². The zero-order chi connectivity index (χ0) is 25.9. The van der Waals surface area contributed by atoms with Crippen molar-refractivity contribution >= 4 is 20.4 Å². The number of carbonyl (C=O) groups is 2. The Morgan fingerprint density at radius 3 is 1.94 bits per heavy atom. The van der Waals surface area contributed by atoms with Crippen LogP contribution in [0.4, 0.5) is 4.79 Å². The summed E-state index contributed by atoms with van der Waals surface area (Å²) in [4.78, 5) is 26.2. The summed E-state index contributed by atoms with van der Waals surface area (Å²) in [5, 5.41) is 2.66. The minimum Gasteiger partial charge on any atom is -0.518 e. The van der Waals surface area contributed by atoms with Gasteiger partial charge in [0, 0.05) is 12.3 Å². The van der Waals surface area contributed by atoms with E-state index in [4.69, 9.17) is 9.16 Å². The third-order valence-corrected chi connectivity index (χ3v) is 11.7. The summed E-state index contributed by atoms with van der Waals surface area (Å²) in [6, 6.07) is 25.2. The second-order valence-corrected chi connectivity index (χ2v) is 15.6. The average Bonchev–Trinajstić information content (AvgIpc) is 3.16. The monoisotopic (exact) mass is 501 g/mol. The Balaban J connectivity index is 1.48. The van der Waals surface area contributed by atoms with Gasteiger partial charge >= 0.3 is 12.1 Å². The summed E-state index contributed by atoms with van der Waals surface area (Å²) < 4.78 is 11.7. The highest BCUT2D eigenvalue weighted by Gasteiger charge is 2.42. The highest BCUT2D eigenvalue weighted by Crippen LogP contribution is 2.44. The van der Waals surface area contributed by atoms with Crippen LogP contribution in [0.1, 0.15) is 43.4 Å². The first-order valence-electron chi connectivity index (χ1n) is 12.4. The fourth-order valence-corrected chi connectivity index (χ4v) is 5.25. The predicted octanol–water partition coefficient (Wildman–Crippen LogP) is 6.68. The van der Waals surface area contributed by atoms with E-state index >= 15 is 0 Å². The van der Waals surface area contributed by atoms with Crippen LogP contribution in [0.2, 0.25) is 18.1 Å². The molecule has 6 heteroatoms. The molecule has 0 saturated heterocycles. The van der Waals surface area contributed by atoms with Crippen LogP contribution < -0.4 is 5.32 Å². The Morgan fingerprint density at radius 2 is 1.39 bits per heavy atom. The summed E-state index contributed by atoms with van der Waals surface area (Å²) in [6.45, 7) is 10.5. The first-order chi connectivity index (χ1) is 17.1. The number of hydrogen-bond acceptors (Lipinski definition) is 4.